The Morgan fingerprint density at radius 1 is 1.35 bits per heavy atom. The van der Waals surface area contributed by atoms with Crippen LogP contribution in [-0.4, -0.2) is 45.7 Å². The zero-order valence-electron chi connectivity index (χ0n) is 14.2. The van der Waals surface area contributed by atoms with Gasteiger partial charge in [-0.15, -0.1) is 0 Å². The van der Waals surface area contributed by atoms with Crippen LogP contribution in [0.25, 0.3) is 0 Å². The summed E-state index contributed by atoms with van der Waals surface area (Å²) in [7, 11) is -2.20. The molecule has 0 unspecified atom stereocenters. The van der Waals surface area contributed by atoms with Crippen LogP contribution in [0.1, 0.15) is 41.9 Å². The molecule has 8 heteroatoms. The summed E-state index contributed by atoms with van der Waals surface area (Å²) < 4.78 is 37.3. The van der Waals surface area contributed by atoms with Crippen molar-refractivity contribution in [3.63, 3.8) is 0 Å². The first-order valence-corrected chi connectivity index (χ1v) is 8.84. The van der Waals surface area contributed by atoms with Crippen LogP contribution in [0.5, 0.6) is 0 Å². The van der Waals surface area contributed by atoms with Crippen LogP contribution in [-0.2, 0) is 19.5 Å². The number of aromatic nitrogens is 1. The fraction of sp³-hybridized carbons (Fsp3) is 0.600. The fourth-order valence-corrected chi connectivity index (χ4v) is 3.32. The molecular formula is C15H24N2O5S. The Morgan fingerprint density at radius 2 is 2.00 bits per heavy atom. The molecule has 23 heavy (non-hydrogen) atoms. The van der Waals surface area contributed by atoms with Crippen LogP contribution < -0.4 is 4.72 Å². The summed E-state index contributed by atoms with van der Waals surface area (Å²) in [6.45, 7) is 7.39. The molecule has 1 heterocycles. The van der Waals surface area contributed by atoms with Crippen LogP contribution in [0.2, 0.25) is 0 Å². The van der Waals surface area contributed by atoms with Gasteiger partial charge in [0.25, 0.3) is 0 Å². The Hall–Kier alpha value is -1.51. The topological polar surface area (TPSA) is 94.6 Å². The van der Waals surface area contributed by atoms with Crippen molar-refractivity contribution < 1.29 is 22.7 Å². The van der Waals surface area contributed by atoms with E-state index in [4.69, 9.17) is 9.47 Å². The maximum absolute atomic E-state index is 12.4. The van der Waals surface area contributed by atoms with Gasteiger partial charge in [-0.25, -0.2) is 17.9 Å². The minimum Gasteiger partial charge on any atom is -0.459 e. The molecule has 0 saturated heterocycles. The van der Waals surface area contributed by atoms with Gasteiger partial charge < -0.3 is 9.47 Å². The van der Waals surface area contributed by atoms with E-state index in [1.807, 2.05) is 0 Å². The van der Waals surface area contributed by atoms with E-state index in [2.05, 4.69) is 9.71 Å². The lowest BCUT2D eigenvalue weighted by Crippen LogP contribution is -2.27. The number of rotatable bonds is 8. The van der Waals surface area contributed by atoms with E-state index in [1.165, 1.54) is 6.20 Å². The normalized spacial score (nSPS) is 11.7. The van der Waals surface area contributed by atoms with Crippen molar-refractivity contribution in [3.05, 3.63) is 23.0 Å². The van der Waals surface area contributed by atoms with Gasteiger partial charge in [-0.05, 0) is 39.7 Å². The van der Waals surface area contributed by atoms with Crippen molar-refractivity contribution in [1.82, 2.24) is 9.71 Å². The first-order chi connectivity index (χ1) is 10.7. The molecule has 130 valence electrons. The van der Waals surface area contributed by atoms with Gasteiger partial charge in [-0.3, -0.25) is 4.98 Å². The predicted octanol–water partition coefficient (Wildman–Crippen LogP) is 1.58. The van der Waals surface area contributed by atoms with Crippen LogP contribution in [0.4, 0.5) is 0 Å². The Balaban J connectivity index is 3.11. The van der Waals surface area contributed by atoms with Crippen LogP contribution in [0.3, 0.4) is 0 Å². The molecule has 0 amide bonds. The van der Waals surface area contributed by atoms with Gasteiger partial charge >= 0.3 is 5.97 Å². The fourth-order valence-electron chi connectivity index (χ4n) is 2.06. The molecule has 1 rings (SSSR count). The maximum atomic E-state index is 12.4. The zero-order valence-corrected chi connectivity index (χ0v) is 15.0. The van der Waals surface area contributed by atoms with Gasteiger partial charge in [0.15, 0.2) is 0 Å². The lowest BCUT2D eigenvalue weighted by Gasteiger charge is -2.15. The molecule has 0 aliphatic carbocycles. The predicted molar refractivity (Wildman–Crippen MR) is 85.9 cm³/mol. The molecule has 0 bridgehead atoms. The zero-order chi connectivity index (χ0) is 17.6. The number of nitrogens with one attached hydrogen (secondary N) is 1. The summed E-state index contributed by atoms with van der Waals surface area (Å²) in [5.41, 5.74) is 0.965. The molecular weight excluding hydrogens is 320 g/mol. The highest BCUT2D eigenvalue weighted by Crippen LogP contribution is 2.21. The van der Waals surface area contributed by atoms with E-state index in [9.17, 15) is 13.2 Å². The molecule has 0 saturated carbocycles. The number of aryl methyl sites for hydroxylation is 1. The standard InChI is InChI=1S/C15H24N2O5S/c1-10(2)22-15(18)14-11(3)13(9-16-12(14)4)23(19,20)17-7-6-8-21-5/h9-10,17H,6-8H2,1-5H3. The quantitative estimate of drug-likeness (QED) is 0.568. The van der Waals surface area contributed by atoms with E-state index < -0.39 is 16.0 Å². The molecule has 0 aromatic carbocycles. The van der Waals surface area contributed by atoms with E-state index >= 15 is 0 Å². The number of nitrogens with zero attached hydrogens (tertiary/aromatic N) is 1. The molecule has 1 aromatic rings. The smallest absolute Gasteiger partial charge is 0.340 e. The van der Waals surface area contributed by atoms with E-state index in [-0.39, 0.29) is 23.1 Å². The van der Waals surface area contributed by atoms with Gasteiger partial charge in [-0.2, -0.15) is 0 Å². The maximum Gasteiger partial charge on any atom is 0.340 e. The third-order valence-corrected chi connectivity index (χ3v) is 4.71. The molecule has 0 radical (unpaired) electrons. The Kier molecular flexibility index (Phi) is 7.11. The Morgan fingerprint density at radius 3 is 2.57 bits per heavy atom. The second-order valence-corrected chi connectivity index (χ2v) is 7.14. The minimum atomic E-state index is -3.75. The van der Waals surface area contributed by atoms with Crippen molar-refractivity contribution in [3.8, 4) is 0 Å². The van der Waals surface area contributed by atoms with Gasteiger partial charge in [-0.1, -0.05) is 0 Å². The molecule has 1 N–H and O–H groups in total. The molecule has 0 aliphatic heterocycles. The molecule has 0 spiro atoms. The highest BCUT2D eigenvalue weighted by atomic mass is 32.2. The first-order valence-electron chi connectivity index (χ1n) is 7.36. The molecule has 7 nitrogen and oxygen atoms in total. The third kappa shape index (κ3) is 5.26. The van der Waals surface area contributed by atoms with Crippen molar-refractivity contribution in [1.29, 1.82) is 0 Å². The van der Waals surface area contributed by atoms with Crippen molar-refractivity contribution in [2.24, 2.45) is 0 Å². The lowest BCUT2D eigenvalue weighted by molar-refractivity contribution is 0.0375. The number of sulfonamides is 1. The number of hydrogen-bond acceptors (Lipinski definition) is 6. The highest BCUT2D eigenvalue weighted by molar-refractivity contribution is 7.89. The monoisotopic (exact) mass is 344 g/mol. The van der Waals surface area contributed by atoms with Gasteiger partial charge in [0.2, 0.25) is 10.0 Å². The van der Waals surface area contributed by atoms with Crippen molar-refractivity contribution >= 4 is 16.0 Å². The van der Waals surface area contributed by atoms with Gasteiger partial charge in [0.05, 0.1) is 17.4 Å². The largest absolute Gasteiger partial charge is 0.459 e. The van der Waals surface area contributed by atoms with Gasteiger partial charge in [0.1, 0.15) is 4.90 Å². The van der Waals surface area contributed by atoms with E-state index in [1.54, 1.807) is 34.8 Å². The number of carbonyl (C=O) groups excluding carboxylic acids is 1. The third-order valence-electron chi connectivity index (χ3n) is 3.14. The molecule has 0 fully saturated rings. The number of esters is 1. The summed E-state index contributed by atoms with van der Waals surface area (Å²) in [5, 5.41) is 0. The second-order valence-electron chi connectivity index (χ2n) is 5.41. The minimum absolute atomic E-state index is 0.0174. The van der Waals surface area contributed by atoms with E-state index in [0.717, 1.165) is 0 Å². The summed E-state index contributed by atoms with van der Waals surface area (Å²) in [6.07, 6.45) is 1.51. The summed E-state index contributed by atoms with van der Waals surface area (Å²) in [5.74, 6) is -0.570. The SMILES string of the molecule is COCCCNS(=O)(=O)c1cnc(C)c(C(=O)OC(C)C)c1C. The van der Waals surface area contributed by atoms with Crippen LogP contribution in [0.15, 0.2) is 11.1 Å². The number of pyridine rings is 1. The molecule has 0 aliphatic rings. The summed E-state index contributed by atoms with van der Waals surface area (Å²) in [4.78, 5) is 16.2. The van der Waals surface area contributed by atoms with E-state index in [0.29, 0.717) is 24.3 Å². The lowest BCUT2D eigenvalue weighted by atomic mass is 10.1. The summed E-state index contributed by atoms with van der Waals surface area (Å²) in [6, 6.07) is 0. The van der Waals surface area contributed by atoms with Gasteiger partial charge in [0, 0.05) is 26.5 Å². The van der Waals surface area contributed by atoms with Crippen molar-refractivity contribution in [2.75, 3.05) is 20.3 Å². The molecule has 1 aromatic heterocycles. The Bertz CT molecular complexity index is 656. The number of hydrogen-bond donors (Lipinski definition) is 1. The van der Waals surface area contributed by atoms with Crippen LogP contribution in [0, 0.1) is 13.8 Å². The Labute approximate surface area is 137 Å². The first kappa shape index (κ1) is 19.5. The van der Waals surface area contributed by atoms with Crippen molar-refractivity contribution in [2.45, 2.75) is 45.1 Å². The number of methoxy groups -OCH3 is 1. The van der Waals surface area contributed by atoms with Crippen LogP contribution >= 0.6 is 0 Å². The average molecular weight is 344 g/mol. The number of carbonyl (C=O) groups is 1. The average Bonchev–Trinajstić information content (AvgIpc) is 2.42. The summed E-state index contributed by atoms with van der Waals surface area (Å²) >= 11 is 0. The second kappa shape index (κ2) is 8.37. The molecule has 0 atom stereocenters. The number of ether oxygens (including phenoxy) is 2. The highest BCUT2D eigenvalue weighted by Gasteiger charge is 2.24.